The smallest absolute Gasteiger partial charge is 0.396 e. The zero-order valence-electron chi connectivity index (χ0n) is 17.7. The summed E-state index contributed by atoms with van der Waals surface area (Å²) in [7, 11) is 0. The van der Waals surface area contributed by atoms with Crippen LogP contribution in [0.15, 0.2) is 24.5 Å². The van der Waals surface area contributed by atoms with E-state index in [1.807, 2.05) is 0 Å². The summed E-state index contributed by atoms with van der Waals surface area (Å²) < 4.78 is 226. The van der Waals surface area contributed by atoms with Gasteiger partial charge in [0.15, 0.2) is 18.9 Å². The summed E-state index contributed by atoms with van der Waals surface area (Å²) in [4.78, 5) is 0. The molecule has 1 aromatic rings. The van der Waals surface area contributed by atoms with Crippen LogP contribution in [0.3, 0.4) is 0 Å². The molecule has 1 rings (SSSR count). The van der Waals surface area contributed by atoms with Crippen LogP contribution in [0.1, 0.15) is 18.4 Å². The molecule has 0 saturated carbocycles. The molecule has 0 fully saturated rings. The molecule has 0 aliphatic carbocycles. The Labute approximate surface area is 195 Å². The van der Waals surface area contributed by atoms with E-state index in [1.54, 1.807) is 0 Å². The van der Waals surface area contributed by atoms with E-state index < -0.39 is 60.6 Å². The summed E-state index contributed by atoms with van der Waals surface area (Å²) >= 11 is 0. The van der Waals surface area contributed by atoms with E-state index >= 15 is 0 Å². The highest BCUT2D eigenvalue weighted by molar-refractivity contribution is 5.15. The van der Waals surface area contributed by atoms with Crippen molar-refractivity contribution in [3.63, 3.8) is 0 Å². The third-order valence-corrected chi connectivity index (χ3v) is 5.05. The van der Waals surface area contributed by atoms with Crippen LogP contribution in [-0.2, 0) is 13.0 Å². The van der Waals surface area contributed by atoms with E-state index in [2.05, 4.69) is 0 Å². The van der Waals surface area contributed by atoms with E-state index in [9.17, 15) is 74.6 Å². The van der Waals surface area contributed by atoms with Crippen molar-refractivity contribution in [1.82, 2.24) is 0 Å². The lowest BCUT2D eigenvalue weighted by Crippen LogP contribution is -2.74. The van der Waals surface area contributed by atoms with Crippen LogP contribution in [-0.4, -0.2) is 59.3 Å². The van der Waals surface area contributed by atoms with Gasteiger partial charge in [0, 0.05) is 18.7 Å². The third kappa shape index (κ3) is 5.28. The molecular formula is C18H15F17NO+. The minimum atomic E-state index is -8.62. The quantitative estimate of drug-likeness (QED) is 0.227. The van der Waals surface area contributed by atoms with Crippen molar-refractivity contribution in [2.45, 2.75) is 73.4 Å². The van der Waals surface area contributed by atoms with E-state index in [0.29, 0.717) is 10.1 Å². The van der Waals surface area contributed by atoms with Gasteiger partial charge in [-0.05, 0) is 18.4 Å². The van der Waals surface area contributed by atoms with Crippen molar-refractivity contribution in [3.8, 4) is 0 Å². The van der Waals surface area contributed by atoms with Crippen LogP contribution in [0.25, 0.3) is 0 Å². The molecule has 216 valence electrons. The Kier molecular flexibility index (Phi) is 8.82. The Hall–Kier alpha value is -2.08. The van der Waals surface area contributed by atoms with Crippen molar-refractivity contribution in [2.24, 2.45) is 0 Å². The average molecular weight is 584 g/mol. The summed E-state index contributed by atoms with van der Waals surface area (Å²) in [6.45, 7) is -1.66. The van der Waals surface area contributed by atoms with Crippen LogP contribution in [0.2, 0.25) is 0 Å². The Balaban J connectivity index is 3.33. The molecule has 0 aliphatic rings. The van der Waals surface area contributed by atoms with E-state index in [4.69, 9.17) is 5.11 Å². The Morgan fingerprint density at radius 3 is 1.32 bits per heavy atom. The lowest BCUT2D eigenvalue weighted by atomic mass is 9.88. The van der Waals surface area contributed by atoms with Crippen molar-refractivity contribution >= 4 is 0 Å². The van der Waals surface area contributed by atoms with Gasteiger partial charge < -0.3 is 5.11 Å². The molecule has 1 N–H and O–H groups in total. The minimum absolute atomic E-state index is 0.232. The van der Waals surface area contributed by atoms with Crippen molar-refractivity contribution in [3.05, 3.63) is 30.1 Å². The normalized spacial score (nSPS) is 15.3. The van der Waals surface area contributed by atoms with E-state index in [1.165, 1.54) is 0 Å². The maximum atomic E-state index is 13.9. The molecule has 0 spiro atoms. The zero-order valence-corrected chi connectivity index (χ0v) is 17.7. The van der Waals surface area contributed by atoms with Gasteiger partial charge in [0.05, 0.1) is 6.42 Å². The molecule has 0 aromatic carbocycles. The van der Waals surface area contributed by atoms with Crippen LogP contribution in [0.5, 0.6) is 0 Å². The first kappa shape index (κ1) is 32.9. The second-order valence-corrected chi connectivity index (χ2v) is 7.67. The Morgan fingerprint density at radius 2 is 0.946 bits per heavy atom. The number of nitrogens with zero attached hydrogens (tertiary/aromatic N) is 1. The number of aromatic nitrogens is 1. The predicted octanol–water partition coefficient (Wildman–Crippen LogP) is 6.30. The average Bonchev–Trinajstić information content (AvgIpc) is 2.75. The van der Waals surface area contributed by atoms with Crippen LogP contribution >= 0.6 is 0 Å². The molecule has 0 saturated heterocycles. The largest absolute Gasteiger partial charge is 0.460 e. The number of pyridine rings is 1. The van der Waals surface area contributed by atoms with Gasteiger partial charge in [0.1, 0.15) is 0 Å². The first-order chi connectivity index (χ1) is 16.3. The van der Waals surface area contributed by atoms with Crippen molar-refractivity contribution in [2.75, 3.05) is 6.61 Å². The van der Waals surface area contributed by atoms with Gasteiger partial charge in [0.25, 0.3) is 0 Å². The number of hydrogen-bond donors (Lipinski definition) is 1. The molecule has 1 heterocycles. The number of hydrogen-bond acceptors (Lipinski definition) is 1. The number of rotatable bonds is 12. The molecule has 1 aromatic heterocycles. The fourth-order valence-corrected chi connectivity index (χ4v) is 2.71. The molecule has 19 heteroatoms. The standard InChI is InChI=1S/C18H15F17NO/c19-11(20,5-8-36-6-3-10(4-7-36)2-1-9-37)12(21,22)13(23,24)14(25,26)15(27,28)16(29,30)17(31,32)18(33,34)35/h3-4,6-7,37H,1-2,5,8-9H2/q+1. The second-order valence-electron chi connectivity index (χ2n) is 7.67. The summed E-state index contributed by atoms with van der Waals surface area (Å²) in [5, 5.41) is 8.68. The van der Waals surface area contributed by atoms with E-state index in [0.717, 1.165) is 24.5 Å². The highest BCUT2D eigenvalue weighted by Gasteiger charge is 2.95. The Morgan fingerprint density at radius 1 is 0.568 bits per heavy atom. The zero-order chi connectivity index (χ0) is 29.5. The lowest BCUT2D eigenvalue weighted by Gasteiger charge is -2.42. The molecule has 0 unspecified atom stereocenters. The minimum Gasteiger partial charge on any atom is -0.396 e. The predicted molar refractivity (Wildman–Crippen MR) is 87.3 cm³/mol. The van der Waals surface area contributed by atoms with Crippen LogP contribution < -0.4 is 4.57 Å². The third-order valence-electron chi connectivity index (χ3n) is 5.05. The van der Waals surface area contributed by atoms with Gasteiger partial charge in [0.2, 0.25) is 0 Å². The van der Waals surface area contributed by atoms with Crippen molar-refractivity contribution in [1.29, 1.82) is 0 Å². The monoisotopic (exact) mass is 584 g/mol. The Bertz CT molecular complexity index is 908. The second kappa shape index (κ2) is 9.91. The first-order valence-corrected chi connectivity index (χ1v) is 9.56. The molecule has 0 amide bonds. The molecule has 0 bridgehead atoms. The SMILES string of the molecule is OCCCc1cc[n+](CCC(F)(F)C(F)(F)C(F)(F)C(F)(F)C(F)(F)C(F)(F)C(F)(F)C(F)(F)F)cc1. The number of aryl methyl sites for hydroxylation is 2. The maximum Gasteiger partial charge on any atom is 0.460 e. The number of alkyl halides is 17. The maximum absolute atomic E-state index is 13.9. The summed E-state index contributed by atoms with van der Waals surface area (Å²) in [5.41, 5.74) is 0.451. The fraction of sp³-hybridized carbons (Fsp3) is 0.722. The number of aliphatic hydroxyl groups excluding tert-OH is 1. The fourth-order valence-electron chi connectivity index (χ4n) is 2.71. The summed E-state index contributed by atoms with van der Waals surface area (Å²) in [6.07, 6.45) is -8.06. The van der Waals surface area contributed by atoms with Gasteiger partial charge >= 0.3 is 47.6 Å². The number of aliphatic hydroxyl groups is 1. The summed E-state index contributed by atoms with van der Waals surface area (Å²) in [5.74, 6) is -56.2. The van der Waals surface area contributed by atoms with Gasteiger partial charge in [-0.3, -0.25) is 0 Å². The highest BCUT2D eigenvalue weighted by Crippen LogP contribution is 2.64. The first-order valence-electron chi connectivity index (χ1n) is 9.56. The molecule has 0 atom stereocenters. The van der Waals surface area contributed by atoms with Gasteiger partial charge in [-0.2, -0.15) is 74.6 Å². The highest BCUT2D eigenvalue weighted by atomic mass is 19.4. The topological polar surface area (TPSA) is 24.1 Å². The molecule has 0 radical (unpaired) electrons. The van der Waals surface area contributed by atoms with Gasteiger partial charge in [-0.25, -0.2) is 4.57 Å². The number of halogens is 17. The van der Waals surface area contributed by atoms with Crippen molar-refractivity contribution < 1.29 is 84.3 Å². The summed E-state index contributed by atoms with van der Waals surface area (Å²) in [6, 6.07) is 2.33. The van der Waals surface area contributed by atoms with Crippen LogP contribution in [0.4, 0.5) is 74.6 Å². The van der Waals surface area contributed by atoms with Gasteiger partial charge in [-0.15, -0.1) is 0 Å². The molecule has 37 heavy (non-hydrogen) atoms. The molecular weight excluding hydrogens is 569 g/mol. The lowest BCUT2D eigenvalue weighted by molar-refractivity contribution is -0.700. The van der Waals surface area contributed by atoms with E-state index in [-0.39, 0.29) is 19.4 Å². The molecule has 2 nitrogen and oxygen atoms in total. The van der Waals surface area contributed by atoms with Crippen LogP contribution in [0, 0.1) is 0 Å². The van der Waals surface area contributed by atoms with Gasteiger partial charge in [-0.1, -0.05) is 0 Å². The molecule has 0 aliphatic heterocycles.